The summed E-state index contributed by atoms with van der Waals surface area (Å²) in [6.45, 7) is 8.85. The van der Waals surface area contributed by atoms with E-state index in [1.54, 1.807) is 7.11 Å². The van der Waals surface area contributed by atoms with Crippen molar-refractivity contribution in [2.75, 3.05) is 38.7 Å². The van der Waals surface area contributed by atoms with E-state index >= 15 is 0 Å². The van der Waals surface area contributed by atoms with Crippen LogP contribution in [0.4, 0.5) is 5.69 Å². The minimum atomic E-state index is -0.266. The lowest BCUT2D eigenvalue weighted by atomic mass is 10.0. The van der Waals surface area contributed by atoms with Crippen LogP contribution < -0.4 is 14.8 Å². The van der Waals surface area contributed by atoms with E-state index in [4.69, 9.17) is 19.2 Å². The molecule has 0 amide bonds. The maximum atomic E-state index is 11.0. The molecule has 2 aliphatic rings. The van der Waals surface area contributed by atoms with Crippen molar-refractivity contribution in [1.29, 1.82) is 0 Å². The molecule has 1 aromatic heterocycles. The quantitative estimate of drug-likeness (QED) is 0.452. The van der Waals surface area contributed by atoms with Gasteiger partial charge in [0.25, 0.3) is 6.47 Å². The SMILES string of the molecule is COc1cc2c(NC(C)C)c3c(nc2cc1OCCCN1CCCC1)CCC3OC=O. The fourth-order valence-corrected chi connectivity index (χ4v) is 4.68. The number of hydrogen-bond acceptors (Lipinski definition) is 7. The van der Waals surface area contributed by atoms with Gasteiger partial charge in [-0.1, -0.05) is 0 Å². The van der Waals surface area contributed by atoms with E-state index in [1.165, 1.54) is 25.9 Å². The summed E-state index contributed by atoms with van der Waals surface area (Å²) in [5, 5.41) is 4.51. The molecule has 1 saturated heterocycles. The van der Waals surface area contributed by atoms with E-state index < -0.39 is 0 Å². The van der Waals surface area contributed by atoms with Crippen molar-refractivity contribution in [3.63, 3.8) is 0 Å². The summed E-state index contributed by atoms with van der Waals surface area (Å²) in [6, 6.07) is 4.18. The molecule has 1 aromatic carbocycles. The third-order valence-corrected chi connectivity index (χ3v) is 6.08. The van der Waals surface area contributed by atoms with E-state index in [9.17, 15) is 4.79 Å². The molecule has 31 heavy (non-hydrogen) atoms. The van der Waals surface area contributed by atoms with Crippen LogP contribution in [-0.4, -0.2) is 55.7 Å². The molecule has 0 spiro atoms. The second-order valence-corrected chi connectivity index (χ2v) is 8.68. The van der Waals surface area contributed by atoms with E-state index in [2.05, 4.69) is 24.1 Å². The zero-order chi connectivity index (χ0) is 21.8. The van der Waals surface area contributed by atoms with Gasteiger partial charge in [-0.15, -0.1) is 0 Å². The van der Waals surface area contributed by atoms with E-state index in [1.807, 2.05) is 12.1 Å². The Morgan fingerprint density at radius 2 is 2.06 bits per heavy atom. The number of pyridine rings is 1. The number of carbonyl (C=O) groups excluding carboxylic acids is 1. The average molecular weight is 428 g/mol. The van der Waals surface area contributed by atoms with Gasteiger partial charge in [-0.2, -0.15) is 0 Å². The number of anilines is 1. The van der Waals surface area contributed by atoms with Crippen LogP contribution in [0.2, 0.25) is 0 Å². The van der Waals surface area contributed by atoms with Crippen molar-refractivity contribution in [3.8, 4) is 11.5 Å². The zero-order valence-corrected chi connectivity index (χ0v) is 18.8. The number of nitrogens with zero attached hydrogens (tertiary/aromatic N) is 2. The fraction of sp³-hybridized carbons (Fsp3) is 0.583. The Morgan fingerprint density at radius 3 is 2.77 bits per heavy atom. The molecule has 1 aliphatic heterocycles. The van der Waals surface area contributed by atoms with Gasteiger partial charge in [0, 0.05) is 29.6 Å². The van der Waals surface area contributed by atoms with Crippen molar-refractivity contribution in [2.45, 2.75) is 58.1 Å². The van der Waals surface area contributed by atoms with Crippen molar-refractivity contribution in [2.24, 2.45) is 0 Å². The maximum absolute atomic E-state index is 11.0. The number of fused-ring (bicyclic) bond motifs is 2. The van der Waals surface area contributed by atoms with Gasteiger partial charge in [-0.3, -0.25) is 9.78 Å². The van der Waals surface area contributed by atoms with E-state index in [0.717, 1.165) is 59.4 Å². The zero-order valence-electron chi connectivity index (χ0n) is 18.8. The highest BCUT2D eigenvalue weighted by atomic mass is 16.5. The Hall–Kier alpha value is -2.54. The lowest BCUT2D eigenvalue weighted by molar-refractivity contribution is -0.133. The number of methoxy groups -OCH3 is 1. The summed E-state index contributed by atoms with van der Waals surface area (Å²) in [5.74, 6) is 1.41. The van der Waals surface area contributed by atoms with Crippen LogP contribution in [0, 0.1) is 0 Å². The molecule has 7 nitrogen and oxygen atoms in total. The summed E-state index contributed by atoms with van der Waals surface area (Å²) in [4.78, 5) is 18.4. The largest absolute Gasteiger partial charge is 0.493 e. The number of hydrogen-bond donors (Lipinski definition) is 1. The van der Waals surface area contributed by atoms with Crippen LogP contribution >= 0.6 is 0 Å². The second kappa shape index (κ2) is 9.73. The third-order valence-electron chi connectivity index (χ3n) is 6.08. The molecule has 2 heterocycles. The summed E-state index contributed by atoms with van der Waals surface area (Å²) in [7, 11) is 1.66. The van der Waals surface area contributed by atoms with E-state index in [-0.39, 0.29) is 12.1 Å². The van der Waals surface area contributed by atoms with Gasteiger partial charge in [0.1, 0.15) is 6.10 Å². The van der Waals surface area contributed by atoms with Crippen molar-refractivity contribution >= 4 is 23.1 Å². The molecule has 1 fully saturated rings. The molecular formula is C24H33N3O4. The molecule has 0 radical (unpaired) electrons. The smallest absolute Gasteiger partial charge is 0.293 e. The normalized spacial score (nSPS) is 18.4. The fourth-order valence-electron chi connectivity index (χ4n) is 4.68. The number of aromatic nitrogens is 1. The van der Waals surface area contributed by atoms with E-state index in [0.29, 0.717) is 18.8 Å². The van der Waals surface area contributed by atoms with Gasteiger partial charge in [0.2, 0.25) is 0 Å². The Morgan fingerprint density at radius 1 is 1.26 bits per heavy atom. The summed E-state index contributed by atoms with van der Waals surface area (Å²) >= 11 is 0. The summed E-state index contributed by atoms with van der Waals surface area (Å²) in [6.07, 6.45) is 4.87. The first-order valence-corrected chi connectivity index (χ1v) is 11.4. The number of ether oxygens (including phenoxy) is 3. The molecule has 4 rings (SSSR count). The summed E-state index contributed by atoms with van der Waals surface area (Å²) < 4.78 is 17.1. The first-order valence-electron chi connectivity index (χ1n) is 11.4. The number of carbonyl (C=O) groups is 1. The first kappa shape index (κ1) is 21.7. The predicted molar refractivity (Wildman–Crippen MR) is 121 cm³/mol. The standard InChI is InChI=1S/C24H33N3O4/c1-16(2)25-24-17-13-21(29-3)22(30-12-6-11-27-9-4-5-10-27)14-19(17)26-18-7-8-20(23(18)24)31-15-28/h13-16,20H,4-12H2,1-3H3,(H,25,26). The topological polar surface area (TPSA) is 72.9 Å². The van der Waals surface area contributed by atoms with Crippen LogP contribution in [0.3, 0.4) is 0 Å². The molecule has 7 heteroatoms. The molecule has 1 unspecified atom stereocenters. The average Bonchev–Trinajstić information content (AvgIpc) is 3.41. The van der Waals surface area contributed by atoms with Crippen molar-refractivity contribution < 1.29 is 19.0 Å². The van der Waals surface area contributed by atoms with Crippen LogP contribution in [0.15, 0.2) is 12.1 Å². The van der Waals surface area contributed by atoms with Crippen molar-refractivity contribution in [3.05, 3.63) is 23.4 Å². The number of nitrogens with one attached hydrogen (secondary N) is 1. The van der Waals surface area contributed by atoms with Gasteiger partial charge in [0.15, 0.2) is 11.5 Å². The van der Waals surface area contributed by atoms with Gasteiger partial charge in [-0.25, -0.2) is 0 Å². The molecule has 1 atom stereocenters. The summed E-state index contributed by atoms with van der Waals surface area (Å²) in [5.41, 5.74) is 3.80. The molecule has 1 N–H and O–H groups in total. The maximum Gasteiger partial charge on any atom is 0.293 e. The third kappa shape index (κ3) is 4.71. The Labute approximate surface area is 184 Å². The highest BCUT2D eigenvalue weighted by Crippen LogP contribution is 2.44. The number of benzene rings is 1. The van der Waals surface area contributed by atoms with Gasteiger partial charge in [-0.05, 0) is 65.1 Å². The van der Waals surface area contributed by atoms with Crippen LogP contribution in [0.25, 0.3) is 10.9 Å². The second-order valence-electron chi connectivity index (χ2n) is 8.68. The number of aryl methyl sites for hydroxylation is 1. The van der Waals surface area contributed by atoms with Gasteiger partial charge in [0.05, 0.1) is 30.6 Å². The lowest BCUT2D eigenvalue weighted by Gasteiger charge is -2.21. The Kier molecular flexibility index (Phi) is 6.80. The van der Waals surface area contributed by atoms with Crippen LogP contribution in [0.5, 0.6) is 11.5 Å². The lowest BCUT2D eigenvalue weighted by Crippen LogP contribution is -2.21. The minimum absolute atomic E-state index is 0.222. The minimum Gasteiger partial charge on any atom is -0.493 e. The molecule has 0 bridgehead atoms. The highest BCUT2D eigenvalue weighted by molar-refractivity contribution is 5.96. The predicted octanol–water partition coefficient (Wildman–Crippen LogP) is 4.09. The molecule has 2 aromatic rings. The van der Waals surface area contributed by atoms with Crippen LogP contribution in [-0.2, 0) is 16.0 Å². The Balaban J connectivity index is 1.63. The van der Waals surface area contributed by atoms with Gasteiger partial charge < -0.3 is 24.4 Å². The molecule has 1 aliphatic carbocycles. The molecule has 168 valence electrons. The number of rotatable bonds is 10. The van der Waals surface area contributed by atoms with Gasteiger partial charge >= 0.3 is 0 Å². The number of likely N-dealkylation sites (tertiary alicyclic amines) is 1. The molecule has 0 saturated carbocycles. The Bertz CT molecular complexity index is 925. The molecular weight excluding hydrogens is 394 g/mol. The van der Waals surface area contributed by atoms with Crippen LogP contribution in [0.1, 0.15) is 56.9 Å². The van der Waals surface area contributed by atoms with Crippen molar-refractivity contribution in [1.82, 2.24) is 9.88 Å². The first-order chi connectivity index (χ1) is 15.1. The monoisotopic (exact) mass is 427 g/mol. The highest BCUT2D eigenvalue weighted by Gasteiger charge is 2.30.